The Morgan fingerprint density at radius 2 is 2.05 bits per heavy atom. The monoisotopic (exact) mass is 301 g/mol. The molecule has 1 heterocycles. The van der Waals surface area contributed by atoms with Crippen LogP contribution in [0.5, 0.6) is 0 Å². The van der Waals surface area contributed by atoms with Gasteiger partial charge in [0.2, 0.25) is 0 Å². The van der Waals surface area contributed by atoms with Crippen LogP contribution in [-0.4, -0.2) is 16.4 Å². The smallest absolute Gasteiger partial charge is 0.253 e. The summed E-state index contributed by atoms with van der Waals surface area (Å²) in [5.41, 5.74) is 0.242. The van der Waals surface area contributed by atoms with Crippen LogP contribution in [0.3, 0.4) is 0 Å². The Labute approximate surface area is 128 Å². The summed E-state index contributed by atoms with van der Waals surface area (Å²) in [6, 6.07) is 11.0. The number of amides is 1. The number of nitrogens with zero attached hydrogens (tertiary/aromatic N) is 2. The van der Waals surface area contributed by atoms with E-state index in [1.54, 1.807) is 6.07 Å². The van der Waals surface area contributed by atoms with Crippen molar-refractivity contribution in [3.8, 4) is 6.07 Å². The summed E-state index contributed by atoms with van der Waals surface area (Å²) in [5, 5.41) is 13.1. The number of para-hydroxylation sites is 1. The van der Waals surface area contributed by atoms with Crippen LogP contribution in [0.15, 0.2) is 30.3 Å². The lowest BCUT2D eigenvalue weighted by Crippen LogP contribution is -2.46. The van der Waals surface area contributed by atoms with E-state index >= 15 is 0 Å². The van der Waals surface area contributed by atoms with Crippen LogP contribution in [0.2, 0.25) is 5.15 Å². The summed E-state index contributed by atoms with van der Waals surface area (Å²) in [4.78, 5) is 16.8. The zero-order valence-corrected chi connectivity index (χ0v) is 12.7. The second-order valence-corrected chi connectivity index (χ2v) is 5.25. The lowest BCUT2D eigenvalue weighted by molar-refractivity contribution is 0.0917. The first kappa shape index (κ1) is 15.3. The summed E-state index contributed by atoms with van der Waals surface area (Å²) < 4.78 is 0. The third kappa shape index (κ3) is 2.98. The highest BCUT2D eigenvalue weighted by molar-refractivity contribution is 6.30. The van der Waals surface area contributed by atoms with Gasteiger partial charge in [0.05, 0.1) is 17.1 Å². The Hall–Kier alpha value is -2.12. The fourth-order valence-electron chi connectivity index (χ4n) is 2.23. The predicted molar refractivity (Wildman–Crippen MR) is 83.1 cm³/mol. The van der Waals surface area contributed by atoms with E-state index in [1.165, 1.54) is 6.07 Å². The minimum absolute atomic E-state index is 0.259. The van der Waals surface area contributed by atoms with Gasteiger partial charge in [-0.25, -0.2) is 4.98 Å². The average Bonchev–Trinajstić information content (AvgIpc) is 2.51. The zero-order valence-electron chi connectivity index (χ0n) is 12.0. The number of nitriles is 1. The first-order valence-electron chi connectivity index (χ1n) is 6.84. The van der Waals surface area contributed by atoms with Crippen molar-refractivity contribution in [3.05, 3.63) is 41.0 Å². The molecule has 0 aliphatic rings. The van der Waals surface area contributed by atoms with E-state index in [2.05, 4.69) is 16.4 Å². The van der Waals surface area contributed by atoms with Crippen molar-refractivity contribution >= 4 is 28.4 Å². The minimum atomic E-state index is -0.853. The SMILES string of the molecule is CCC(C#N)(CC)NC(=O)c1cc(Cl)nc2ccccc12. The molecule has 0 unspecified atom stereocenters. The number of pyridine rings is 1. The molecule has 0 atom stereocenters. The second kappa shape index (κ2) is 6.11. The molecule has 2 aromatic rings. The predicted octanol–water partition coefficient (Wildman–Crippen LogP) is 3.70. The maximum Gasteiger partial charge on any atom is 0.253 e. The molecule has 0 aliphatic carbocycles. The van der Waals surface area contributed by atoms with E-state index in [-0.39, 0.29) is 11.1 Å². The molecule has 1 aromatic carbocycles. The highest BCUT2D eigenvalue weighted by atomic mass is 35.5. The standard InChI is InChI=1S/C16H16ClN3O/c1-3-16(4-2,10-18)20-15(21)12-9-14(17)19-13-8-6-5-7-11(12)13/h5-9H,3-4H2,1-2H3,(H,20,21). The number of aromatic nitrogens is 1. The summed E-state index contributed by atoms with van der Waals surface area (Å²) in [6.45, 7) is 3.76. The Morgan fingerprint density at radius 1 is 1.38 bits per heavy atom. The highest BCUT2D eigenvalue weighted by Crippen LogP contribution is 2.22. The van der Waals surface area contributed by atoms with Gasteiger partial charge in [-0.15, -0.1) is 0 Å². The number of carbonyl (C=O) groups excluding carboxylic acids is 1. The van der Waals surface area contributed by atoms with E-state index in [4.69, 9.17) is 11.6 Å². The third-order valence-electron chi connectivity index (χ3n) is 3.70. The number of nitrogens with one attached hydrogen (secondary N) is 1. The number of halogens is 1. The van der Waals surface area contributed by atoms with Crippen molar-refractivity contribution in [1.82, 2.24) is 10.3 Å². The van der Waals surface area contributed by atoms with Gasteiger partial charge >= 0.3 is 0 Å². The molecule has 0 bridgehead atoms. The second-order valence-electron chi connectivity index (χ2n) is 4.86. The van der Waals surface area contributed by atoms with E-state index in [0.29, 0.717) is 23.9 Å². The van der Waals surface area contributed by atoms with Crippen LogP contribution in [0.1, 0.15) is 37.0 Å². The van der Waals surface area contributed by atoms with Crippen molar-refractivity contribution in [3.63, 3.8) is 0 Å². The first-order valence-corrected chi connectivity index (χ1v) is 7.22. The molecule has 0 radical (unpaired) electrons. The fourth-order valence-corrected chi connectivity index (χ4v) is 2.43. The van der Waals surface area contributed by atoms with E-state index in [1.807, 2.05) is 32.0 Å². The molecule has 1 N–H and O–H groups in total. The van der Waals surface area contributed by atoms with Crippen molar-refractivity contribution in [1.29, 1.82) is 5.26 Å². The molecule has 1 amide bonds. The van der Waals surface area contributed by atoms with E-state index in [0.717, 1.165) is 5.39 Å². The Bertz CT molecular complexity index is 717. The van der Waals surface area contributed by atoms with Gasteiger partial charge in [-0.05, 0) is 25.0 Å². The topological polar surface area (TPSA) is 65.8 Å². The Kier molecular flexibility index (Phi) is 4.44. The summed E-state index contributed by atoms with van der Waals surface area (Å²) >= 11 is 5.98. The van der Waals surface area contributed by atoms with Crippen LogP contribution >= 0.6 is 11.6 Å². The summed E-state index contributed by atoms with van der Waals surface area (Å²) in [5.74, 6) is -0.305. The van der Waals surface area contributed by atoms with Crippen molar-refractivity contribution in [2.24, 2.45) is 0 Å². The minimum Gasteiger partial charge on any atom is -0.334 e. The quantitative estimate of drug-likeness (QED) is 0.876. The lowest BCUT2D eigenvalue weighted by atomic mass is 9.94. The molecule has 0 aliphatic heterocycles. The van der Waals surface area contributed by atoms with Crippen LogP contribution in [0.25, 0.3) is 10.9 Å². The molecule has 0 saturated heterocycles. The first-order chi connectivity index (χ1) is 10.0. The molecule has 0 spiro atoms. The number of carbonyl (C=O) groups is 1. The lowest BCUT2D eigenvalue weighted by Gasteiger charge is -2.25. The van der Waals surface area contributed by atoms with Gasteiger partial charge in [0.25, 0.3) is 5.91 Å². The fraction of sp³-hybridized carbons (Fsp3) is 0.312. The summed E-state index contributed by atoms with van der Waals surface area (Å²) in [7, 11) is 0. The molecule has 21 heavy (non-hydrogen) atoms. The van der Waals surface area contributed by atoms with Gasteiger partial charge in [0, 0.05) is 5.39 Å². The van der Waals surface area contributed by atoms with Crippen LogP contribution in [0, 0.1) is 11.3 Å². The Morgan fingerprint density at radius 3 is 2.67 bits per heavy atom. The third-order valence-corrected chi connectivity index (χ3v) is 3.90. The van der Waals surface area contributed by atoms with Crippen molar-refractivity contribution < 1.29 is 4.79 Å². The maximum absolute atomic E-state index is 12.6. The van der Waals surface area contributed by atoms with Gasteiger partial charge in [-0.1, -0.05) is 43.6 Å². The number of benzene rings is 1. The molecule has 2 rings (SSSR count). The van der Waals surface area contributed by atoms with Crippen molar-refractivity contribution in [2.75, 3.05) is 0 Å². The molecular weight excluding hydrogens is 286 g/mol. The zero-order chi connectivity index (χ0) is 15.5. The highest BCUT2D eigenvalue weighted by Gasteiger charge is 2.28. The van der Waals surface area contributed by atoms with Crippen LogP contribution in [-0.2, 0) is 0 Å². The molecular formula is C16H16ClN3O. The van der Waals surface area contributed by atoms with E-state index < -0.39 is 5.54 Å². The van der Waals surface area contributed by atoms with Gasteiger partial charge in [0.15, 0.2) is 0 Å². The van der Waals surface area contributed by atoms with Crippen LogP contribution < -0.4 is 5.32 Å². The number of hydrogen-bond acceptors (Lipinski definition) is 3. The maximum atomic E-state index is 12.6. The average molecular weight is 302 g/mol. The number of fused-ring (bicyclic) bond motifs is 1. The molecule has 0 fully saturated rings. The number of hydrogen-bond donors (Lipinski definition) is 1. The van der Waals surface area contributed by atoms with Crippen molar-refractivity contribution in [2.45, 2.75) is 32.2 Å². The normalized spacial score (nSPS) is 11.1. The number of rotatable bonds is 4. The summed E-state index contributed by atoms with van der Waals surface area (Å²) in [6.07, 6.45) is 1.09. The molecule has 108 valence electrons. The Balaban J connectivity index is 2.47. The van der Waals surface area contributed by atoms with Crippen LogP contribution in [0.4, 0.5) is 0 Å². The van der Waals surface area contributed by atoms with Gasteiger partial charge < -0.3 is 5.32 Å². The van der Waals surface area contributed by atoms with Gasteiger partial charge in [-0.3, -0.25) is 4.79 Å². The molecule has 0 saturated carbocycles. The molecule has 5 heteroatoms. The van der Waals surface area contributed by atoms with E-state index in [9.17, 15) is 10.1 Å². The van der Waals surface area contributed by atoms with Gasteiger partial charge in [0.1, 0.15) is 10.7 Å². The largest absolute Gasteiger partial charge is 0.334 e. The molecule has 1 aromatic heterocycles. The van der Waals surface area contributed by atoms with Gasteiger partial charge in [-0.2, -0.15) is 5.26 Å². The molecule has 4 nitrogen and oxygen atoms in total.